The molecule has 1 aromatic rings. The predicted octanol–water partition coefficient (Wildman–Crippen LogP) is 3.80. The molecule has 0 aliphatic carbocycles. The van der Waals surface area contributed by atoms with Gasteiger partial charge in [-0.05, 0) is 33.3 Å². The lowest BCUT2D eigenvalue weighted by Gasteiger charge is -2.29. The fourth-order valence-corrected chi connectivity index (χ4v) is 1.62. The fraction of sp³-hybridized carbons (Fsp3) is 0.538. The van der Waals surface area contributed by atoms with Gasteiger partial charge in [-0.3, -0.25) is 0 Å². The molecule has 0 amide bonds. The van der Waals surface area contributed by atoms with E-state index in [2.05, 4.69) is 12.2 Å². The van der Waals surface area contributed by atoms with Crippen molar-refractivity contribution in [2.45, 2.75) is 45.7 Å². The molecule has 3 heteroatoms. The first-order valence-electron chi connectivity index (χ1n) is 5.59. The fourth-order valence-electron chi connectivity index (χ4n) is 1.62. The molecule has 1 N–H and O–H groups in total. The van der Waals surface area contributed by atoms with E-state index in [0.29, 0.717) is 5.56 Å². The molecule has 1 atom stereocenters. The van der Waals surface area contributed by atoms with E-state index >= 15 is 0 Å². The van der Waals surface area contributed by atoms with E-state index in [9.17, 15) is 8.78 Å². The Kier molecular flexibility index (Phi) is 4.03. The standard InChI is InChI=1S/C13H19F2N/c1-5-13(3,4)16-9(2)10-7-6-8-11(14)12(10)15/h6-9,16H,5H2,1-4H3. The van der Waals surface area contributed by atoms with Crippen LogP contribution in [-0.2, 0) is 0 Å². The maximum atomic E-state index is 13.5. The SMILES string of the molecule is CCC(C)(C)NC(C)c1cccc(F)c1F. The van der Waals surface area contributed by atoms with Crippen molar-refractivity contribution >= 4 is 0 Å². The van der Waals surface area contributed by atoms with Crippen molar-refractivity contribution in [3.8, 4) is 0 Å². The van der Waals surface area contributed by atoms with Crippen molar-refractivity contribution < 1.29 is 8.78 Å². The van der Waals surface area contributed by atoms with Crippen LogP contribution in [0.2, 0.25) is 0 Å². The Morgan fingerprint density at radius 1 is 1.31 bits per heavy atom. The molecule has 0 radical (unpaired) electrons. The van der Waals surface area contributed by atoms with Gasteiger partial charge < -0.3 is 5.32 Å². The average Bonchev–Trinajstić information content (AvgIpc) is 2.21. The van der Waals surface area contributed by atoms with Gasteiger partial charge in [-0.15, -0.1) is 0 Å². The van der Waals surface area contributed by atoms with E-state index in [4.69, 9.17) is 0 Å². The second-order valence-corrected chi connectivity index (χ2v) is 4.75. The summed E-state index contributed by atoms with van der Waals surface area (Å²) in [4.78, 5) is 0. The minimum Gasteiger partial charge on any atom is -0.305 e. The molecule has 0 aliphatic rings. The van der Waals surface area contributed by atoms with Gasteiger partial charge in [0.2, 0.25) is 0 Å². The van der Waals surface area contributed by atoms with Crippen molar-refractivity contribution in [2.24, 2.45) is 0 Å². The van der Waals surface area contributed by atoms with Gasteiger partial charge in [-0.2, -0.15) is 0 Å². The van der Waals surface area contributed by atoms with E-state index in [1.165, 1.54) is 6.07 Å². The lowest BCUT2D eigenvalue weighted by atomic mass is 9.98. The molecule has 16 heavy (non-hydrogen) atoms. The minimum atomic E-state index is -0.791. The normalized spacial score (nSPS) is 13.9. The van der Waals surface area contributed by atoms with Gasteiger partial charge >= 0.3 is 0 Å². The number of hydrogen-bond acceptors (Lipinski definition) is 1. The molecule has 90 valence electrons. The van der Waals surface area contributed by atoms with Crippen LogP contribution in [0.15, 0.2) is 18.2 Å². The quantitative estimate of drug-likeness (QED) is 0.824. The highest BCUT2D eigenvalue weighted by molar-refractivity contribution is 5.22. The largest absolute Gasteiger partial charge is 0.305 e. The highest BCUT2D eigenvalue weighted by atomic mass is 19.2. The third kappa shape index (κ3) is 3.01. The van der Waals surface area contributed by atoms with Gasteiger partial charge in [0.25, 0.3) is 0 Å². The van der Waals surface area contributed by atoms with E-state index < -0.39 is 11.6 Å². The molecular formula is C13H19F2N. The summed E-state index contributed by atoms with van der Waals surface area (Å²) in [6.07, 6.45) is 0.925. The molecule has 0 aliphatic heterocycles. The molecule has 0 aromatic heterocycles. The molecular weight excluding hydrogens is 208 g/mol. The third-order valence-corrected chi connectivity index (χ3v) is 2.94. The summed E-state index contributed by atoms with van der Waals surface area (Å²) in [6.45, 7) is 7.98. The summed E-state index contributed by atoms with van der Waals surface area (Å²) in [5.41, 5.74) is 0.291. The Labute approximate surface area is 95.9 Å². The van der Waals surface area contributed by atoms with Crippen LogP contribution >= 0.6 is 0 Å². The van der Waals surface area contributed by atoms with Crippen LogP contribution in [0.4, 0.5) is 8.78 Å². The smallest absolute Gasteiger partial charge is 0.163 e. The van der Waals surface area contributed by atoms with Crippen LogP contribution in [0.3, 0.4) is 0 Å². The molecule has 1 unspecified atom stereocenters. The summed E-state index contributed by atoms with van der Waals surface area (Å²) < 4.78 is 26.6. The van der Waals surface area contributed by atoms with Gasteiger partial charge in [0, 0.05) is 17.1 Å². The van der Waals surface area contributed by atoms with Gasteiger partial charge in [0.1, 0.15) is 0 Å². The Hall–Kier alpha value is -0.960. The highest BCUT2D eigenvalue weighted by Crippen LogP contribution is 2.22. The van der Waals surface area contributed by atoms with Crippen molar-refractivity contribution in [2.75, 3.05) is 0 Å². The Bertz CT molecular complexity index is 361. The highest BCUT2D eigenvalue weighted by Gasteiger charge is 2.21. The Balaban J connectivity index is 2.89. The maximum Gasteiger partial charge on any atom is 0.163 e. The molecule has 0 saturated carbocycles. The first-order chi connectivity index (χ1) is 7.37. The zero-order valence-corrected chi connectivity index (χ0v) is 10.3. The van der Waals surface area contributed by atoms with Crippen LogP contribution in [0.1, 0.15) is 45.7 Å². The molecule has 1 rings (SSSR count). The van der Waals surface area contributed by atoms with Crippen molar-refractivity contribution in [1.29, 1.82) is 0 Å². The molecule has 0 spiro atoms. The second kappa shape index (κ2) is 4.91. The van der Waals surface area contributed by atoms with Crippen LogP contribution in [-0.4, -0.2) is 5.54 Å². The van der Waals surface area contributed by atoms with Gasteiger partial charge in [0.05, 0.1) is 0 Å². The van der Waals surface area contributed by atoms with E-state index in [0.717, 1.165) is 12.5 Å². The molecule has 1 aromatic carbocycles. The Morgan fingerprint density at radius 3 is 2.50 bits per heavy atom. The number of benzene rings is 1. The summed E-state index contributed by atoms with van der Waals surface area (Å²) in [5, 5.41) is 3.28. The zero-order valence-electron chi connectivity index (χ0n) is 10.3. The van der Waals surface area contributed by atoms with E-state index in [-0.39, 0.29) is 11.6 Å². The maximum absolute atomic E-state index is 13.5. The van der Waals surface area contributed by atoms with Crippen LogP contribution < -0.4 is 5.32 Å². The molecule has 0 saturated heterocycles. The number of rotatable bonds is 4. The molecule has 0 bridgehead atoms. The van der Waals surface area contributed by atoms with E-state index in [1.54, 1.807) is 6.07 Å². The van der Waals surface area contributed by atoms with Gasteiger partial charge in [-0.1, -0.05) is 19.1 Å². The second-order valence-electron chi connectivity index (χ2n) is 4.75. The summed E-state index contributed by atoms with van der Waals surface area (Å²) in [7, 11) is 0. The summed E-state index contributed by atoms with van der Waals surface area (Å²) >= 11 is 0. The number of halogens is 2. The zero-order chi connectivity index (χ0) is 12.3. The van der Waals surface area contributed by atoms with Crippen molar-refractivity contribution in [1.82, 2.24) is 5.32 Å². The molecule has 0 fully saturated rings. The first kappa shape index (κ1) is 13.1. The summed E-state index contributed by atoms with van der Waals surface area (Å²) in [5.74, 6) is -1.55. The van der Waals surface area contributed by atoms with Gasteiger partial charge in [-0.25, -0.2) is 8.78 Å². The third-order valence-electron chi connectivity index (χ3n) is 2.94. The summed E-state index contributed by atoms with van der Waals surface area (Å²) in [6, 6.07) is 4.08. The lowest BCUT2D eigenvalue weighted by Crippen LogP contribution is -2.40. The lowest BCUT2D eigenvalue weighted by molar-refractivity contribution is 0.331. The first-order valence-corrected chi connectivity index (χ1v) is 5.59. The van der Waals surface area contributed by atoms with Gasteiger partial charge in [0.15, 0.2) is 11.6 Å². The van der Waals surface area contributed by atoms with Crippen LogP contribution in [0, 0.1) is 11.6 Å². The van der Waals surface area contributed by atoms with Crippen LogP contribution in [0.25, 0.3) is 0 Å². The predicted molar refractivity (Wildman–Crippen MR) is 62.3 cm³/mol. The van der Waals surface area contributed by atoms with E-state index in [1.807, 2.05) is 20.8 Å². The number of nitrogens with one attached hydrogen (secondary N) is 1. The minimum absolute atomic E-state index is 0.0851. The number of hydrogen-bond donors (Lipinski definition) is 1. The average molecular weight is 227 g/mol. The molecule has 0 heterocycles. The van der Waals surface area contributed by atoms with Crippen molar-refractivity contribution in [3.05, 3.63) is 35.4 Å². The van der Waals surface area contributed by atoms with Crippen LogP contribution in [0.5, 0.6) is 0 Å². The van der Waals surface area contributed by atoms with Crippen molar-refractivity contribution in [3.63, 3.8) is 0 Å². The molecule has 1 nitrogen and oxygen atoms in total. The monoisotopic (exact) mass is 227 g/mol. The topological polar surface area (TPSA) is 12.0 Å². The Morgan fingerprint density at radius 2 is 1.94 bits per heavy atom.